The monoisotopic (exact) mass is 679 g/mol. The highest BCUT2D eigenvalue weighted by Gasteiger charge is 2.31. The van der Waals surface area contributed by atoms with Crippen LogP contribution in [-0.4, -0.2) is 15.9 Å². The summed E-state index contributed by atoms with van der Waals surface area (Å²) in [5.41, 5.74) is 0.153. The first kappa shape index (κ1) is 29.1. The van der Waals surface area contributed by atoms with Crippen LogP contribution in [0.5, 0.6) is 5.75 Å². The van der Waals surface area contributed by atoms with Crippen LogP contribution in [0, 0.1) is 0 Å². The van der Waals surface area contributed by atoms with Crippen molar-refractivity contribution < 1.29 is 17.9 Å². The molecule has 0 saturated heterocycles. The fourth-order valence-corrected chi connectivity index (χ4v) is 5.41. The predicted octanol–water partition coefficient (Wildman–Crippen LogP) is 9.27. The van der Waals surface area contributed by atoms with E-state index in [0.717, 1.165) is 16.8 Å². The van der Waals surface area contributed by atoms with Gasteiger partial charge in [-0.1, -0.05) is 65.1 Å². The van der Waals surface area contributed by atoms with E-state index < -0.39 is 17.3 Å². The van der Waals surface area contributed by atoms with Crippen molar-refractivity contribution in [2.24, 2.45) is 5.10 Å². The van der Waals surface area contributed by atoms with Crippen LogP contribution in [0.4, 0.5) is 13.2 Å². The third-order valence-electron chi connectivity index (χ3n) is 5.93. The lowest BCUT2D eigenvalue weighted by atomic mass is 10.1. The van der Waals surface area contributed by atoms with Gasteiger partial charge in [0.25, 0.3) is 5.56 Å². The van der Waals surface area contributed by atoms with Crippen molar-refractivity contribution in [2.75, 3.05) is 0 Å². The van der Waals surface area contributed by atoms with Crippen molar-refractivity contribution >= 4 is 67.9 Å². The van der Waals surface area contributed by atoms with E-state index >= 15 is 0 Å². The van der Waals surface area contributed by atoms with Gasteiger partial charge in [-0.15, -0.1) is 0 Å². The highest BCUT2D eigenvalue weighted by Crippen LogP contribution is 2.36. The maximum Gasteiger partial charge on any atom is 0.416 e. The molecule has 0 saturated carbocycles. The second kappa shape index (κ2) is 11.9. The van der Waals surface area contributed by atoms with Gasteiger partial charge in [-0.05, 0) is 70.0 Å². The normalized spacial score (nSPS) is 11.9. The minimum atomic E-state index is -4.58. The fraction of sp³-hybridized carbons (Fsp3) is 0.0690. The summed E-state index contributed by atoms with van der Waals surface area (Å²) in [5.74, 6) is 0.296. The molecule has 0 amide bonds. The van der Waals surface area contributed by atoms with Crippen LogP contribution in [0.1, 0.15) is 16.7 Å². The number of ether oxygens (including phenoxy) is 1. The molecule has 1 aromatic heterocycles. The number of benzene rings is 4. The molecular weight excluding hydrogens is 666 g/mol. The van der Waals surface area contributed by atoms with E-state index in [-0.39, 0.29) is 28.4 Å². The van der Waals surface area contributed by atoms with Crippen molar-refractivity contribution in [3.05, 3.63) is 125 Å². The van der Waals surface area contributed by atoms with E-state index in [4.69, 9.17) is 39.5 Å². The first-order chi connectivity index (χ1) is 19.5. The van der Waals surface area contributed by atoms with Gasteiger partial charge in [-0.25, -0.2) is 4.98 Å². The minimum absolute atomic E-state index is 0.0546. The molecule has 0 atom stereocenters. The van der Waals surface area contributed by atoms with E-state index in [1.165, 1.54) is 18.3 Å². The molecule has 5 rings (SSSR count). The molecule has 0 radical (unpaired) electrons. The Labute approximate surface area is 254 Å². The van der Waals surface area contributed by atoms with Gasteiger partial charge in [0.1, 0.15) is 6.61 Å². The number of fused-ring (bicyclic) bond motifs is 1. The molecule has 41 heavy (non-hydrogen) atoms. The fourth-order valence-electron chi connectivity index (χ4n) is 3.96. The van der Waals surface area contributed by atoms with Crippen LogP contribution in [0.15, 0.2) is 93.2 Å². The molecule has 0 spiro atoms. The molecule has 4 aromatic carbocycles. The SMILES string of the molecule is O=c1c2ccccc2nc(-c2cccc(C(F)(F)F)c2)n1N=Cc1cc(Cl)c(OCc2ccc(Cl)cc2Cl)c(Br)c1. The molecule has 0 N–H and O–H groups in total. The van der Waals surface area contributed by atoms with E-state index in [1.54, 1.807) is 54.6 Å². The number of nitrogens with zero attached hydrogens (tertiary/aromatic N) is 3. The largest absolute Gasteiger partial charge is 0.486 e. The van der Waals surface area contributed by atoms with E-state index in [2.05, 4.69) is 26.0 Å². The molecule has 0 bridgehead atoms. The van der Waals surface area contributed by atoms with Crippen LogP contribution < -0.4 is 10.3 Å². The molecule has 0 aliphatic carbocycles. The molecule has 0 unspecified atom stereocenters. The lowest BCUT2D eigenvalue weighted by Gasteiger charge is -2.13. The van der Waals surface area contributed by atoms with E-state index in [0.29, 0.717) is 36.9 Å². The summed E-state index contributed by atoms with van der Waals surface area (Å²) in [7, 11) is 0. The van der Waals surface area contributed by atoms with Gasteiger partial charge >= 0.3 is 6.18 Å². The average molecular weight is 682 g/mol. The Kier molecular flexibility index (Phi) is 8.42. The summed E-state index contributed by atoms with van der Waals surface area (Å²) in [6, 6.07) is 19.3. The number of aromatic nitrogens is 2. The van der Waals surface area contributed by atoms with Crippen molar-refractivity contribution in [2.45, 2.75) is 12.8 Å². The molecule has 5 aromatic rings. The van der Waals surface area contributed by atoms with Gasteiger partial charge in [0.15, 0.2) is 11.6 Å². The highest BCUT2D eigenvalue weighted by molar-refractivity contribution is 9.10. The minimum Gasteiger partial charge on any atom is -0.486 e. The van der Waals surface area contributed by atoms with Crippen LogP contribution in [-0.2, 0) is 12.8 Å². The van der Waals surface area contributed by atoms with Crippen molar-refractivity contribution in [3.8, 4) is 17.1 Å². The Morgan fingerprint density at radius 1 is 0.951 bits per heavy atom. The maximum atomic E-state index is 13.4. The van der Waals surface area contributed by atoms with Gasteiger partial charge < -0.3 is 4.74 Å². The lowest BCUT2D eigenvalue weighted by molar-refractivity contribution is -0.137. The van der Waals surface area contributed by atoms with Gasteiger partial charge in [-0.3, -0.25) is 4.79 Å². The van der Waals surface area contributed by atoms with Gasteiger partial charge in [-0.2, -0.15) is 22.9 Å². The van der Waals surface area contributed by atoms with Crippen LogP contribution in [0.2, 0.25) is 15.1 Å². The van der Waals surface area contributed by atoms with Gasteiger partial charge in [0, 0.05) is 21.2 Å². The number of halogens is 7. The zero-order valence-electron chi connectivity index (χ0n) is 20.6. The summed E-state index contributed by atoms with van der Waals surface area (Å²) in [6.07, 6.45) is -3.22. The zero-order chi connectivity index (χ0) is 29.3. The van der Waals surface area contributed by atoms with Gasteiger partial charge in [0.05, 0.1) is 32.2 Å². The summed E-state index contributed by atoms with van der Waals surface area (Å²) < 4.78 is 47.6. The summed E-state index contributed by atoms with van der Waals surface area (Å²) in [5, 5.41) is 5.74. The number of hydrogen-bond donors (Lipinski definition) is 0. The molecule has 1 heterocycles. The Morgan fingerprint density at radius 2 is 1.73 bits per heavy atom. The third-order valence-corrected chi connectivity index (χ3v) is 7.39. The maximum absolute atomic E-state index is 13.4. The number of alkyl halides is 3. The van der Waals surface area contributed by atoms with E-state index in [9.17, 15) is 18.0 Å². The van der Waals surface area contributed by atoms with Crippen LogP contribution in [0.25, 0.3) is 22.3 Å². The van der Waals surface area contributed by atoms with Crippen molar-refractivity contribution in [1.82, 2.24) is 9.66 Å². The second-order valence-electron chi connectivity index (χ2n) is 8.73. The third kappa shape index (κ3) is 6.43. The molecule has 5 nitrogen and oxygen atoms in total. The Bertz CT molecular complexity index is 1850. The summed E-state index contributed by atoms with van der Waals surface area (Å²) in [4.78, 5) is 17.9. The molecular formula is C29H16BrCl3F3N3O2. The molecule has 208 valence electrons. The topological polar surface area (TPSA) is 56.5 Å². The highest BCUT2D eigenvalue weighted by atomic mass is 79.9. The standard InChI is InChI=1S/C29H16BrCl3F3N3O2/c30-22-10-16(11-24(33)26(22)41-15-18-8-9-20(31)13-23(18)32)14-37-39-27(17-4-3-5-19(12-17)29(34,35)36)38-25-7-2-1-6-21(25)28(39)40/h1-14H,15H2. The predicted molar refractivity (Wildman–Crippen MR) is 159 cm³/mol. The number of para-hydroxylation sites is 1. The van der Waals surface area contributed by atoms with Crippen LogP contribution >= 0.6 is 50.7 Å². The average Bonchev–Trinajstić information content (AvgIpc) is 2.92. The lowest BCUT2D eigenvalue weighted by Crippen LogP contribution is -2.20. The second-order valence-corrected chi connectivity index (χ2v) is 10.8. The molecule has 0 aliphatic rings. The Balaban J connectivity index is 1.52. The van der Waals surface area contributed by atoms with Gasteiger partial charge in [0.2, 0.25) is 0 Å². The van der Waals surface area contributed by atoms with Crippen molar-refractivity contribution in [1.29, 1.82) is 0 Å². The molecule has 12 heteroatoms. The quantitative estimate of drug-likeness (QED) is 0.168. The zero-order valence-corrected chi connectivity index (χ0v) is 24.4. The first-order valence-corrected chi connectivity index (χ1v) is 13.7. The van der Waals surface area contributed by atoms with Crippen LogP contribution in [0.3, 0.4) is 0 Å². The molecule has 0 fully saturated rings. The Hall–Kier alpha value is -3.37. The summed E-state index contributed by atoms with van der Waals surface area (Å²) in [6.45, 7) is 0.125. The van der Waals surface area contributed by atoms with E-state index in [1.807, 2.05) is 0 Å². The molecule has 0 aliphatic heterocycles. The first-order valence-electron chi connectivity index (χ1n) is 11.8. The smallest absolute Gasteiger partial charge is 0.416 e. The Morgan fingerprint density at radius 3 is 2.46 bits per heavy atom. The van der Waals surface area contributed by atoms with Crippen molar-refractivity contribution in [3.63, 3.8) is 0 Å². The number of rotatable bonds is 6. The summed E-state index contributed by atoms with van der Waals surface area (Å²) >= 11 is 22.1. The number of hydrogen-bond acceptors (Lipinski definition) is 4.